The highest BCUT2D eigenvalue weighted by atomic mass is 31.2. The summed E-state index contributed by atoms with van der Waals surface area (Å²) >= 11 is 0. The number of aromatic nitrogens is 2. The van der Waals surface area contributed by atoms with Gasteiger partial charge in [0.2, 0.25) is 6.08 Å². The van der Waals surface area contributed by atoms with Crippen LogP contribution in [0.15, 0.2) is 131 Å². The first-order valence-corrected chi connectivity index (χ1v) is 14.7. The summed E-state index contributed by atoms with van der Waals surface area (Å²) < 4.78 is 7.83. The topological polar surface area (TPSA) is 59.6 Å². The lowest BCUT2D eigenvalue weighted by Gasteiger charge is -2.27. The standard InChI is InChI=1S/C29H26N3P.C2H3NO.C2H6/c1-23-22-32(24(2)30-23)29-21-13-12-20-28(29)31-33(25-14-6-3-7-15-25,26-16-8-4-9-17-26)27-18-10-5-11-19-27;1-3-2-4;1-2/h3-22H,1-2H3;1H3;1-2H3. The lowest BCUT2D eigenvalue weighted by molar-refractivity contribution is 0.564. The molecule has 0 aliphatic heterocycles. The number of carbonyl (C=O) groups excluding carboxylic acids is 1. The fourth-order valence-corrected chi connectivity index (χ4v) is 7.87. The number of nitrogens with zero attached hydrogens (tertiary/aromatic N) is 4. The molecule has 0 aliphatic carbocycles. The lowest BCUT2D eigenvalue weighted by Crippen LogP contribution is -2.25. The predicted molar refractivity (Wildman–Crippen MR) is 166 cm³/mol. The third kappa shape index (κ3) is 6.78. The van der Waals surface area contributed by atoms with Crippen molar-refractivity contribution in [3.8, 4) is 5.69 Å². The summed E-state index contributed by atoms with van der Waals surface area (Å²) in [5.74, 6) is 0.957. The maximum absolute atomic E-state index is 8.88. The van der Waals surface area contributed by atoms with E-state index in [4.69, 9.17) is 9.54 Å². The predicted octanol–water partition coefficient (Wildman–Crippen LogP) is 7.28. The molecule has 0 amide bonds. The zero-order valence-electron chi connectivity index (χ0n) is 23.2. The van der Waals surface area contributed by atoms with Gasteiger partial charge in [0, 0.05) is 29.2 Å². The number of aryl methyl sites for hydroxylation is 2. The van der Waals surface area contributed by atoms with Crippen molar-refractivity contribution in [3.05, 3.63) is 133 Å². The second-order valence-electron chi connectivity index (χ2n) is 8.35. The van der Waals surface area contributed by atoms with E-state index in [0.29, 0.717) is 0 Å². The average Bonchev–Trinajstić information content (AvgIpc) is 3.35. The fraction of sp³-hybridized carbons (Fsp3) is 0.152. The number of rotatable bonds is 5. The summed E-state index contributed by atoms with van der Waals surface area (Å²) in [4.78, 5) is 16.4. The number of imidazole rings is 1. The van der Waals surface area contributed by atoms with Gasteiger partial charge in [-0.25, -0.2) is 14.8 Å². The molecule has 0 aliphatic rings. The molecular formula is C33H35N4OP. The van der Waals surface area contributed by atoms with Gasteiger partial charge < -0.3 is 4.57 Å². The molecule has 5 aromatic rings. The Labute approximate surface area is 232 Å². The van der Waals surface area contributed by atoms with Crippen molar-refractivity contribution in [2.75, 3.05) is 7.05 Å². The van der Waals surface area contributed by atoms with Gasteiger partial charge in [-0.1, -0.05) is 117 Å². The molecular weight excluding hydrogens is 499 g/mol. The summed E-state index contributed by atoms with van der Waals surface area (Å²) in [5, 5.41) is 3.70. The number of para-hydroxylation sites is 1. The van der Waals surface area contributed by atoms with E-state index in [9.17, 15) is 0 Å². The zero-order valence-corrected chi connectivity index (χ0v) is 24.1. The summed E-state index contributed by atoms with van der Waals surface area (Å²) in [6, 6.07) is 40.5. The van der Waals surface area contributed by atoms with Crippen LogP contribution in [0.5, 0.6) is 0 Å². The quantitative estimate of drug-likeness (QED) is 0.135. The van der Waals surface area contributed by atoms with Gasteiger partial charge in [0.1, 0.15) is 5.82 Å². The SMILES string of the molecule is CC.CN=C=O.Cc1cn(-c2ccccc2N=P(c2ccccc2)(c2ccccc2)c2ccccc2)c(C)n1. The highest BCUT2D eigenvalue weighted by Gasteiger charge is 2.28. The van der Waals surface area contributed by atoms with Gasteiger partial charge in [-0.2, -0.15) is 0 Å². The molecule has 0 radical (unpaired) electrons. The van der Waals surface area contributed by atoms with Crippen molar-refractivity contribution in [2.45, 2.75) is 27.7 Å². The largest absolute Gasteiger partial charge is 0.302 e. The average molecular weight is 535 g/mol. The minimum Gasteiger partial charge on any atom is -0.302 e. The fourth-order valence-electron chi connectivity index (χ4n) is 4.33. The molecule has 6 heteroatoms. The van der Waals surface area contributed by atoms with Crippen molar-refractivity contribution in [1.82, 2.24) is 9.55 Å². The number of aliphatic imine (C=N–C) groups is 1. The van der Waals surface area contributed by atoms with Crippen LogP contribution in [0.1, 0.15) is 25.4 Å². The van der Waals surface area contributed by atoms with Crippen LogP contribution in [-0.2, 0) is 4.79 Å². The Bertz CT molecular complexity index is 1450. The van der Waals surface area contributed by atoms with Gasteiger partial charge in [0.05, 0.1) is 24.1 Å². The van der Waals surface area contributed by atoms with Crippen molar-refractivity contribution >= 4 is 34.7 Å². The maximum Gasteiger partial charge on any atom is 0.234 e. The van der Waals surface area contributed by atoms with E-state index < -0.39 is 7.05 Å². The summed E-state index contributed by atoms with van der Waals surface area (Å²) in [7, 11) is -0.958. The molecule has 0 fully saturated rings. The molecule has 0 bridgehead atoms. The lowest BCUT2D eigenvalue weighted by atomic mass is 10.2. The van der Waals surface area contributed by atoms with E-state index in [0.717, 1.165) is 22.9 Å². The minimum atomic E-state index is -2.34. The number of hydrogen-bond acceptors (Lipinski definition) is 4. The maximum atomic E-state index is 8.88. The molecule has 1 aromatic heterocycles. The third-order valence-corrected chi connectivity index (χ3v) is 9.53. The second kappa shape index (κ2) is 14.6. The molecule has 0 N–H and O–H groups in total. The molecule has 5 nitrogen and oxygen atoms in total. The molecule has 1 heterocycles. The highest BCUT2D eigenvalue weighted by molar-refractivity contribution is 7.87. The van der Waals surface area contributed by atoms with Crippen LogP contribution >= 0.6 is 7.05 Å². The van der Waals surface area contributed by atoms with Crippen LogP contribution in [0.2, 0.25) is 0 Å². The summed E-state index contributed by atoms with van der Waals surface area (Å²) in [6.45, 7) is 8.07. The minimum absolute atomic E-state index is 0.957. The number of isocyanates is 1. The van der Waals surface area contributed by atoms with Gasteiger partial charge in [-0.15, -0.1) is 0 Å². The van der Waals surface area contributed by atoms with E-state index in [1.807, 2.05) is 27.7 Å². The van der Waals surface area contributed by atoms with Crippen LogP contribution in [0.3, 0.4) is 0 Å². The van der Waals surface area contributed by atoms with E-state index in [1.54, 1.807) is 0 Å². The normalized spacial score (nSPS) is 10.2. The second-order valence-corrected chi connectivity index (χ2v) is 11.4. The van der Waals surface area contributed by atoms with E-state index >= 15 is 0 Å². The smallest absolute Gasteiger partial charge is 0.234 e. The molecule has 0 saturated carbocycles. The zero-order chi connectivity index (χ0) is 28.1. The van der Waals surface area contributed by atoms with Crippen LogP contribution in [0.25, 0.3) is 5.69 Å². The molecule has 0 saturated heterocycles. The Morgan fingerprint density at radius 3 is 1.49 bits per heavy atom. The van der Waals surface area contributed by atoms with Crippen molar-refractivity contribution in [1.29, 1.82) is 0 Å². The van der Waals surface area contributed by atoms with Crippen LogP contribution < -0.4 is 15.9 Å². The Kier molecular flexibility index (Phi) is 10.9. The van der Waals surface area contributed by atoms with E-state index in [2.05, 4.69) is 136 Å². The Hall–Kier alpha value is -4.30. The molecule has 198 valence electrons. The van der Waals surface area contributed by atoms with Crippen LogP contribution in [0, 0.1) is 13.8 Å². The first kappa shape index (κ1) is 29.3. The highest BCUT2D eigenvalue weighted by Crippen LogP contribution is 2.50. The van der Waals surface area contributed by atoms with Gasteiger partial charge in [0.25, 0.3) is 0 Å². The molecule has 4 aromatic carbocycles. The molecule has 5 rings (SSSR count). The molecule has 0 unspecified atom stereocenters. The Morgan fingerprint density at radius 1 is 0.692 bits per heavy atom. The van der Waals surface area contributed by atoms with Crippen molar-refractivity contribution in [3.63, 3.8) is 0 Å². The van der Waals surface area contributed by atoms with Crippen molar-refractivity contribution in [2.24, 2.45) is 9.74 Å². The van der Waals surface area contributed by atoms with Gasteiger partial charge >= 0.3 is 0 Å². The third-order valence-electron chi connectivity index (χ3n) is 5.88. The van der Waals surface area contributed by atoms with E-state index in [-0.39, 0.29) is 0 Å². The first-order chi connectivity index (χ1) is 19.1. The van der Waals surface area contributed by atoms with Gasteiger partial charge in [-0.05, 0) is 26.0 Å². The number of benzene rings is 4. The summed E-state index contributed by atoms with van der Waals surface area (Å²) in [5.41, 5.74) is 3.00. The van der Waals surface area contributed by atoms with Gasteiger partial charge in [-0.3, -0.25) is 4.74 Å². The Balaban J connectivity index is 0.000000644. The first-order valence-electron chi connectivity index (χ1n) is 13.0. The molecule has 0 atom stereocenters. The molecule has 39 heavy (non-hydrogen) atoms. The monoisotopic (exact) mass is 534 g/mol. The van der Waals surface area contributed by atoms with Crippen LogP contribution in [-0.4, -0.2) is 22.7 Å². The van der Waals surface area contributed by atoms with Crippen molar-refractivity contribution < 1.29 is 4.79 Å². The van der Waals surface area contributed by atoms with Crippen LogP contribution in [0.4, 0.5) is 5.69 Å². The van der Waals surface area contributed by atoms with Gasteiger partial charge in [0.15, 0.2) is 0 Å². The summed E-state index contributed by atoms with van der Waals surface area (Å²) in [6.07, 6.45) is 3.39. The molecule has 0 spiro atoms. The number of hydrogen-bond donors (Lipinski definition) is 0. The Morgan fingerprint density at radius 2 is 1.10 bits per heavy atom. The van der Waals surface area contributed by atoms with E-state index in [1.165, 1.54) is 29.0 Å².